The number of allylic oxidation sites excluding steroid dienone is 2. The van der Waals surface area contributed by atoms with Gasteiger partial charge in [0.25, 0.3) is 0 Å². The molecule has 3 nitrogen and oxygen atoms in total. The van der Waals surface area contributed by atoms with Gasteiger partial charge in [0.05, 0.1) is 30.1 Å². The summed E-state index contributed by atoms with van der Waals surface area (Å²) >= 11 is 1.77. The van der Waals surface area contributed by atoms with E-state index in [0.717, 1.165) is 18.8 Å². The first-order valence-electron chi connectivity index (χ1n) is 6.43. The van der Waals surface area contributed by atoms with Crippen LogP contribution in [-0.2, 0) is 9.47 Å². The van der Waals surface area contributed by atoms with Crippen LogP contribution in [0.1, 0.15) is 11.1 Å². The van der Waals surface area contributed by atoms with Crippen molar-refractivity contribution in [3.8, 4) is 6.07 Å². The van der Waals surface area contributed by atoms with Crippen molar-refractivity contribution in [3.63, 3.8) is 0 Å². The van der Waals surface area contributed by atoms with E-state index in [1.807, 2.05) is 36.4 Å². The molecule has 1 aliphatic rings. The number of rotatable bonds is 4. The van der Waals surface area contributed by atoms with Gasteiger partial charge in [0, 0.05) is 0 Å². The van der Waals surface area contributed by atoms with Crippen LogP contribution in [0, 0.1) is 11.3 Å². The largest absolute Gasteiger partial charge is 0.348 e. The lowest BCUT2D eigenvalue weighted by atomic mass is 10.1. The van der Waals surface area contributed by atoms with Crippen molar-refractivity contribution >= 4 is 17.8 Å². The van der Waals surface area contributed by atoms with Gasteiger partial charge in [-0.2, -0.15) is 17.0 Å². The molecule has 0 aromatic heterocycles. The molecule has 1 aliphatic heterocycles. The molecule has 4 heteroatoms. The van der Waals surface area contributed by atoms with E-state index >= 15 is 0 Å². The second kappa shape index (κ2) is 7.91. The maximum Gasteiger partial charge on any atom is 0.177 e. The number of ether oxygens (including phenoxy) is 2. The summed E-state index contributed by atoms with van der Waals surface area (Å²) in [7, 11) is 0. The molecule has 0 amide bonds. The van der Waals surface area contributed by atoms with Crippen molar-refractivity contribution < 1.29 is 9.47 Å². The predicted octanol–water partition coefficient (Wildman–Crippen LogP) is 3.23. The van der Waals surface area contributed by atoms with Crippen molar-refractivity contribution in [2.24, 2.45) is 0 Å². The Balaban J connectivity index is 1.80. The van der Waals surface area contributed by atoms with Crippen LogP contribution >= 0.6 is 11.8 Å². The molecule has 1 saturated heterocycles. The summed E-state index contributed by atoms with van der Waals surface area (Å²) in [5, 5.41) is 9.15. The van der Waals surface area contributed by atoms with E-state index in [1.165, 1.54) is 0 Å². The molecule has 20 heavy (non-hydrogen) atoms. The Hall–Kier alpha value is -1.54. The topological polar surface area (TPSA) is 42.2 Å². The van der Waals surface area contributed by atoms with Gasteiger partial charge in [-0.3, -0.25) is 0 Å². The van der Waals surface area contributed by atoms with Crippen molar-refractivity contribution in [1.82, 2.24) is 0 Å². The van der Waals surface area contributed by atoms with Crippen LogP contribution < -0.4 is 0 Å². The summed E-state index contributed by atoms with van der Waals surface area (Å²) in [5.41, 5.74) is 1.73. The van der Waals surface area contributed by atoms with Crippen LogP contribution in [0.5, 0.6) is 0 Å². The summed E-state index contributed by atoms with van der Waals surface area (Å²) in [4.78, 5) is 0. The molecule has 1 aromatic rings. The average molecular weight is 287 g/mol. The van der Waals surface area contributed by atoms with Gasteiger partial charge in [-0.15, -0.1) is 0 Å². The molecule has 1 fully saturated rings. The molecular weight excluding hydrogens is 270 g/mol. The minimum atomic E-state index is -0.246. The van der Waals surface area contributed by atoms with Crippen LogP contribution in [0.3, 0.4) is 0 Å². The van der Waals surface area contributed by atoms with Crippen LogP contribution in [0.4, 0.5) is 0 Å². The molecule has 0 radical (unpaired) electrons. The zero-order valence-electron chi connectivity index (χ0n) is 11.4. The summed E-state index contributed by atoms with van der Waals surface area (Å²) in [6.45, 7) is 1.46. The summed E-state index contributed by atoms with van der Waals surface area (Å²) in [5.74, 6) is 0. The van der Waals surface area contributed by atoms with Crippen LogP contribution in [0.25, 0.3) is 6.08 Å². The third kappa shape index (κ3) is 4.53. The van der Waals surface area contributed by atoms with E-state index in [1.54, 1.807) is 23.9 Å². The minimum Gasteiger partial charge on any atom is -0.348 e. The number of thioether (sulfide) groups is 1. The number of hydrogen-bond acceptors (Lipinski definition) is 4. The predicted molar refractivity (Wildman–Crippen MR) is 82.3 cm³/mol. The molecule has 0 aliphatic carbocycles. The summed E-state index contributed by atoms with van der Waals surface area (Å²) in [6, 6.07) is 9.54. The highest BCUT2D eigenvalue weighted by Crippen LogP contribution is 2.16. The monoisotopic (exact) mass is 287 g/mol. The molecule has 1 aromatic carbocycles. The Kier molecular flexibility index (Phi) is 5.87. The molecule has 0 spiro atoms. The molecule has 1 heterocycles. The van der Waals surface area contributed by atoms with Crippen LogP contribution in [0.15, 0.2) is 42.5 Å². The molecule has 0 unspecified atom stereocenters. The second-order valence-electron chi connectivity index (χ2n) is 4.37. The first kappa shape index (κ1) is 14.9. The zero-order chi connectivity index (χ0) is 14.2. The van der Waals surface area contributed by atoms with Crippen LogP contribution in [-0.4, -0.2) is 31.0 Å². The molecule has 0 N–H and O–H groups in total. The lowest BCUT2D eigenvalue weighted by molar-refractivity contribution is -0.146. The Labute approximate surface area is 123 Å². The number of nitrogens with zero attached hydrogens (tertiary/aromatic N) is 1. The normalized spacial score (nSPS) is 23.2. The van der Waals surface area contributed by atoms with Gasteiger partial charge in [-0.25, -0.2) is 0 Å². The van der Waals surface area contributed by atoms with Gasteiger partial charge < -0.3 is 9.47 Å². The highest BCUT2D eigenvalue weighted by atomic mass is 32.2. The molecule has 0 saturated carbocycles. The zero-order valence-corrected chi connectivity index (χ0v) is 12.2. The Morgan fingerprint density at radius 3 is 2.50 bits per heavy atom. The SMILES string of the molecule is CSC1COC(/C=C/C=C/c2ccc(C#N)cc2)OC1. The van der Waals surface area contributed by atoms with Crippen molar-refractivity contribution in [2.45, 2.75) is 11.5 Å². The number of nitriles is 1. The fraction of sp³-hybridized carbons (Fsp3) is 0.312. The first-order valence-corrected chi connectivity index (χ1v) is 7.71. The first-order chi connectivity index (χ1) is 9.81. The van der Waals surface area contributed by atoms with E-state index in [0.29, 0.717) is 10.8 Å². The van der Waals surface area contributed by atoms with E-state index in [2.05, 4.69) is 12.3 Å². The molecule has 0 atom stereocenters. The van der Waals surface area contributed by atoms with E-state index < -0.39 is 0 Å². The molecule has 0 bridgehead atoms. The fourth-order valence-electron chi connectivity index (χ4n) is 1.74. The lowest BCUT2D eigenvalue weighted by Gasteiger charge is -2.26. The van der Waals surface area contributed by atoms with E-state index in [9.17, 15) is 0 Å². The summed E-state index contributed by atoms with van der Waals surface area (Å²) < 4.78 is 11.1. The third-order valence-electron chi connectivity index (χ3n) is 2.93. The third-order valence-corrected chi connectivity index (χ3v) is 3.87. The minimum absolute atomic E-state index is 0.246. The lowest BCUT2D eigenvalue weighted by Crippen LogP contribution is -2.32. The van der Waals surface area contributed by atoms with Gasteiger partial charge in [-0.05, 0) is 30.0 Å². The molecular formula is C16H17NO2S. The Bertz CT molecular complexity index is 508. The number of hydrogen-bond donors (Lipinski definition) is 0. The van der Waals surface area contributed by atoms with Gasteiger partial charge in [0.1, 0.15) is 0 Å². The quantitative estimate of drug-likeness (QED) is 0.797. The second-order valence-corrected chi connectivity index (χ2v) is 5.51. The standard InChI is InChI=1S/C16H17NO2S/c1-20-15-11-18-16(19-12-15)5-3-2-4-13-6-8-14(10-17)9-7-13/h2-9,15-16H,11-12H2,1H3/b4-2+,5-3+. The highest BCUT2D eigenvalue weighted by Gasteiger charge is 2.18. The maximum absolute atomic E-state index is 8.71. The van der Waals surface area contributed by atoms with Crippen molar-refractivity contribution in [1.29, 1.82) is 5.26 Å². The molecule has 2 rings (SSSR count). The van der Waals surface area contributed by atoms with E-state index in [-0.39, 0.29) is 6.29 Å². The van der Waals surface area contributed by atoms with Gasteiger partial charge >= 0.3 is 0 Å². The van der Waals surface area contributed by atoms with E-state index in [4.69, 9.17) is 14.7 Å². The van der Waals surface area contributed by atoms with Crippen LogP contribution in [0.2, 0.25) is 0 Å². The Morgan fingerprint density at radius 1 is 1.20 bits per heavy atom. The smallest absolute Gasteiger partial charge is 0.177 e. The van der Waals surface area contributed by atoms with Crippen molar-refractivity contribution in [2.75, 3.05) is 19.5 Å². The summed E-state index contributed by atoms with van der Waals surface area (Å²) in [6.07, 6.45) is 9.55. The molecule has 104 valence electrons. The maximum atomic E-state index is 8.71. The van der Waals surface area contributed by atoms with Gasteiger partial charge in [0.15, 0.2) is 6.29 Å². The average Bonchev–Trinajstić information content (AvgIpc) is 2.53. The number of benzene rings is 1. The van der Waals surface area contributed by atoms with Gasteiger partial charge in [0.2, 0.25) is 0 Å². The highest BCUT2D eigenvalue weighted by molar-refractivity contribution is 7.99. The Morgan fingerprint density at radius 2 is 1.90 bits per heavy atom. The van der Waals surface area contributed by atoms with Crippen molar-refractivity contribution in [3.05, 3.63) is 53.6 Å². The van der Waals surface area contributed by atoms with Gasteiger partial charge in [-0.1, -0.05) is 30.4 Å². The fourth-order valence-corrected chi connectivity index (χ4v) is 2.17.